The van der Waals surface area contributed by atoms with Crippen molar-refractivity contribution in [3.8, 4) is 0 Å². The summed E-state index contributed by atoms with van der Waals surface area (Å²) in [4.78, 5) is 14.6. The number of amides is 1. The van der Waals surface area contributed by atoms with Gasteiger partial charge >= 0.3 is 0 Å². The van der Waals surface area contributed by atoms with E-state index >= 15 is 0 Å². The molecule has 0 bridgehead atoms. The van der Waals surface area contributed by atoms with Crippen molar-refractivity contribution in [2.45, 2.75) is 70.8 Å². The van der Waals surface area contributed by atoms with Gasteiger partial charge in [-0.1, -0.05) is 39.0 Å². The molecule has 1 saturated heterocycles. The third kappa shape index (κ3) is 4.48. The average molecular weight is 266 g/mol. The van der Waals surface area contributed by atoms with Crippen LogP contribution >= 0.6 is 0 Å². The van der Waals surface area contributed by atoms with E-state index in [1.54, 1.807) is 0 Å². The summed E-state index contributed by atoms with van der Waals surface area (Å²) in [6.45, 7) is 5.18. The SMILES string of the molecule is CCCN(C(=O)CCC1CCCCC1)C1CCNC1. The predicted molar refractivity (Wildman–Crippen MR) is 79.1 cm³/mol. The highest BCUT2D eigenvalue weighted by atomic mass is 16.2. The Morgan fingerprint density at radius 1 is 1.21 bits per heavy atom. The Hall–Kier alpha value is -0.570. The molecule has 1 unspecified atom stereocenters. The van der Waals surface area contributed by atoms with Crippen LogP contribution in [0.5, 0.6) is 0 Å². The molecule has 110 valence electrons. The van der Waals surface area contributed by atoms with Crippen LogP contribution in [-0.4, -0.2) is 36.5 Å². The number of carbonyl (C=O) groups is 1. The fourth-order valence-electron chi connectivity index (χ4n) is 3.60. The molecule has 1 aliphatic heterocycles. The van der Waals surface area contributed by atoms with E-state index in [1.165, 1.54) is 32.1 Å². The molecule has 2 rings (SSSR count). The molecule has 1 aliphatic carbocycles. The second-order valence-electron chi connectivity index (χ2n) is 6.28. The summed E-state index contributed by atoms with van der Waals surface area (Å²) in [6, 6.07) is 0.457. The lowest BCUT2D eigenvalue weighted by Crippen LogP contribution is -2.42. The Morgan fingerprint density at radius 3 is 2.63 bits per heavy atom. The Kier molecular flexibility index (Phi) is 6.15. The first kappa shape index (κ1) is 14.8. The molecule has 0 aromatic rings. The summed E-state index contributed by atoms with van der Waals surface area (Å²) in [6.07, 6.45) is 11.0. The van der Waals surface area contributed by atoms with Gasteiger partial charge in [-0.2, -0.15) is 0 Å². The lowest BCUT2D eigenvalue weighted by Gasteiger charge is -2.29. The van der Waals surface area contributed by atoms with Crippen LogP contribution in [0.25, 0.3) is 0 Å². The lowest BCUT2D eigenvalue weighted by molar-refractivity contribution is -0.133. The standard InChI is InChI=1S/C16H30N2O/c1-2-12-18(15-10-11-17-13-15)16(19)9-8-14-6-4-3-5-7-14/h14-15,17H,2-13H2,1H3. The van der Waals surface area contributed by atoms with Gasteiger partial charge in [-0.15, -0.1) is 0 Å². The smallest absolute Gasteiger partial charge is 0.222 e. The van der Waals surface area contributed by atoms with E-state index in [9.17, 15) is 4.79 Å². The summed E-state index contributed by atoms with van der Waals surface area (Å²) < 4.78 is 0. The van der Waals surface area contributed by atoms with E-state index in [0.717, 1.165) is 51.2 Å². The number of nitrogens with zero attached hydrogens (tertiary/aromatic N) is 1. The van der Waals surface area contributed by atoms with Gasteiger partial charge in [-0.3, -0.25) is 4.79 Å². The molecule has 1 N–H and O–H groups in total. The molecule has 3 heteroatoms. The molecule has 2 aliphatic rings. The maximum absolute atomic E-state index is 12.5. The van der Waals surface area contributed by atoms with E-state index < -0.39 is 0 Å². The van der Waals surface area contributed by atoms with Gasteiger partial charge in [0.2, 0.25) is 5.91 Å². The first-order valence-electron chi connectivity index (χ1n) is 8.31. The fraction of sp³-hybridized carbons (Fsp3) is 0.938. The molecule has 0 spiro atoms. The summed E-state index contributed by atoms with van der Waals surface area (Å²) >= 11 is 0. The molecule has 1 saturated carbocycles. The quantitative estimate of drug-likeness (QED) is 0.801. The van der Waals surface area contributed by atoms with Crippen LogP contribution < -0.4 is 5.32 Å². The largest absolute Gasteiger partial charge is 0.338 e. The van der Waals surface area contributed by atoms with Crippen molar-refractivity contribution in [3.63, 3.8) is 0 Å². The minimum atomic E-state index is 0.404. The first-order valence-corrected chi connectivity index (χ1v) is 8.31. The number of carbonyl (C=O) groups excluding carboxylic acids is 1. The first-order chi connectivity index (χ1) is 9.31. The molecule has 0 aromatic heterocycles. The topological polar surface area (TPSA) is 32.3 Å². The van der Waals surface area contributed by atoms with Gasteiger partial charge in [0.05, 0.1) is 0 Å². The molecule has 1 amide bonds. The highest BCUT2D eigenvalue weighted by Crippen LogP contribution is 2.27. The fourth-order valence-corrected chi connectivity index (χ4v) is 3.60. The van der Waals surface area contributed by atoms with Crippen molar-refractivity contribution in [1.82, 2.24) is 10.2 Å². The summed E-state index contributed by atoms with van der Waals surface area (Å²) in [7, 11) is 0. The molecule has 2 fully saturated rings. The maximum atomic E-state index is 12.5. The van der Waals surface area contributed by atoms with Gasteiger partial charge in [0.25, 0.3) is 0 Å². The average Bonchev–Trinajstić information content (AvgIpc) is 2.97. The Balaban J connectivity index is 1.77. The van der Waals surface area contributed by atoms with Gasteiger partial charge in [-0.05, 0) is 31.7 Å². The number of hydrogen-bond acceptors (Lipinski definition) is 2. The monoisotopic (exact) mass is 266 g/mol. The second kappa shape index (κ2) is 7.88. The molecule has 0 radical (unpaired) electrons. The van der Waals surface area contributed by atoms with Gasteiger partial charge in [0.15, 0.2) is 0 Å². The summed E-state index contributed by atoms with van der Waals surface area (Å²) in [5.74, 6) is 1.23. The van der Waals surface area contributed by atoms with E-state index in [1.807, 2.05) is 0 Å². The third-order valence-corrected chi connectivity index (χ3v) is 4.75. The Labute approximate surface area is 118 Å². The third-order valence-electron chi connectivity index (χ3n) is 4.75. The van der Waals surface area contributed by atoms with Gasteiger partial charge in [-0.25, -0.2) is 0 Å². The highest BCUT2D eigenvalue weighted by molar-refractivity contribution is 5.76. The molecule has 3 nitrogen and oxygen atoms in total. The van der Waals surface area contributed by atoms with Crippen LogP contribution in [0.1, 0.15) is 64.7 Å². The van der Waals surface area contributed by atoms with Crippen molar-refractivity contribution in [1.29, 1.82) is 0 Å². The minimum Gasteiger partial charge on any atom is -0.338 e. The van der Waals surface area contributed by atoms with Crippen LogP contribution in [0.4, 0.5) is 0 Å². The molecular formula is C16H30N2O. The van der Waals surface area contributed by atoms with Crippen molar-refractivity contribution in [3.05, 3.63) is 0 Å². The van der Waals surface area contributed by atoms with Crippen LogP contribution in [-0.2, 0) is 4.79 Å². The van der Waals surface area contributed by atoms with E-state index in [4.69, 9.17) is 0 Å². The molecule has 0 aromatic carbocycles. The van der Waals surface area contributed by atoms with Crippen molar-refractivity contribution in [2.75, 3.05) is 19.6 Å². The summed E-state index contributed by atoms with van der Waals surface area (Å²) in [5, 5.41) is 3.38. The number of rotatable bonds is 6. The Morgan fingerprint density at radius 2 is 2.00 bits per heavy atom. The molecular weight excluding hydrogens is 236 g/mol. The molecule has 1 heterocycles. The summed E-state index contributed by atoms with van der Waals surface area (Å²) in [5.41, 5.74) is 0. The van der Waals surface area contributed by atoms with Crippen molar-refractivity contribution >= 4 is 5.91 Å². The van der Waals surface area contributed by atoms with Crippen LogP contribution in [0.3, 0.4) is 0 Å². The van der Waals surface area contributed by atoms with Crippen LogP contribution in [0, 0.1) is 5.92 Å². The van der Waals surface area contributed by atoms with Gasteiger partial charge in [0.1, 0.15) is 0 Å². The van der Waals surface area contributed by atoms with Gasteiger partial charge in [0, 0.05) is 25.6 Å². The normalized spacial score (nSPS) is 24.6. The molecule has 1 atom stereocenters. The van der Waals surface area contributed by atoms with Crippen LogP contribution in [0.15, 0.2) is 0 Å². The zero-order valence-corrected chi connectivity index (χ0v) is 12.5. The van der Waals surface area contributed by atoms with Crippen molar-refractivity contribution in [2.24, 2.45) is 5.92 Å². The van der Waals surface area contributed by atoms with Gasteiger partial charge < -0.3 is 10.2 Å². The predicted octanol–water partition coefficient (Wildman–Crippen LogP) is 2.95. The zero-order chi connectivity index (χ0) is 13.5. The van der Waals surface area contributed by atoms with Crippen molar-refractivity contribution < 1.29 is 4.79 Å². The number of nitrogens with one attached hydrogen (secondary N) is 1. The number of hydrogen-bond donors (Lipinski definition) is 1. The van der Waals surface area contributed by atoms with Crippen LogP contribution in [0.2, 0.25) is 0 Å². The second-order valence-corrected chi connectivity index (χ2v) is 6.28. The van der Waals surface area contributed by atoms with E-state index in [-0.39, 0.29) is 0 Å². The zero-order valence-electron chi connectivity index (χ0n) is 12.5. The Bertz CT molecular complexity index is 268. The highest BCUT2D eigenvalue weighted by Gasteiger charge is 2.26. The van der Waals surface area contributed by atoms with E-state index in [0.29, 0.717) is 11.9 Å². The van der Waals surface area contributed by atoms with E-state index in [2.05, 4.69) is 17.1 Å². The molecule has 19 heavy (non-hydrogen) atoms. The maximum Gasteiger partial charge on any atom is 0.222 e. The lowest BCUT2D eigenvalue weighted by atomic mass is 9.86. The minimum absolute atomic E-state index is 0.404.